The quantitative estimate of drug-likeness (QED) is 0.550. The van der Waals surface area contributed by atoms with Crippen molar-refractivity contribution in [3.63, 3.8) is 0 Å². The SMILES string of the molecule is CC(=O)OC1(C)C=CC(=O)C1C. The Kier molecular flexibility index (Phi) is 2.04. The zero-order valence-electron chi connectivity index (χ0n) is 7.46. The van der Waals surface area contributed by atoms with Crippen LogP contribution < -0.4 is 0 Å². The minimum absolute atomic E-state index is 0.0127. The molecule has 3 heteroatoms. The summed E-state index contributed by atoms with van der Waals surface area (Å²) in [6, 6.07) is 0. The zero-order valence-corrected chi connectivity index (χ0v) is 7.46. The number of ketones is 1. The van der Waals surface area contributed by atoms with Gasteiger partial charge < -0.3 is 4.74 Å². The minimum Gasteiger partial charge on any atom is -0.455 e. The molecule has 0 N–H and O–H groups in total. The van der Waals surface area contributed by atoms with Gasteiger partial charge in [0.25, 0.3) is 0 Å². The van der Waals surface area contributed by atoms with Crippen molar-refractivity contribution in [2.75, 3.05) is 0 Å². The summed E-state index contributed by atoms with van der Waals surface area (Å²) in [6.07, 6.45) is 3.11. The number of carbonyl (C=O) groups excluding carboxylic acids is 2. The van der Waals surface area contributed by atoms with Gasteiger partial charge in [-0.2, -0.15) is 0 Å². The van der Waals surface area contributed by atoms with Gasteiger partial charge in [0, 0.05) is 6.92 Å². The largest absolute Gasteiger partial charge is 0.455 e. The lowest BCUT2D eigenvalue weighted by molar-refractivity contribution is -0.155. The summed E-state index contributed by atoms with van der Waals surface area (Å²) in [4.78, 5) is 21.8. The number of hydrogen-bond donors (Lipinski definition) is 0. The van der Waals surface area contributed by atoms with Crippen LogP contribution in [-0.2, 0) is 14.3 Å². The van der Waals surface area contributed by atoms with E-state index < -0.39 is 5.60 Å². The molecule has 0 saturated heterocycles. The van der Waals surface area contributed by atoms with Crippen LogP contribution in [0.5, 0.6) is 0 Å². The molecular formula is C9H12O3. The molecule has 0 bridgehead atoms. The Morgan fingerprint density at radius 1 is 1.67 bits per heavy atom. The van der Waals surface area contributed by atoms with Crippen LogP contribution in [0.2, 0.25) is 0 Å². The van der Waals surface area contributed by atoms with E-state index in [1.165, 1.54) is 13.0 Å². The standard InChI is InChI=1S/C9H12O3/c1-6-8(11)4-5-9(6,3)12-7(2)10/h4-6H,1-3H3. The molecule has 2 unspecified atom stereocenters. The van der Waals surface area contributed by atoms with Crippen LogP contribution >= 0.6 is 0 Å². The summed E-state index contributed by atoms with van der Waals surface area (Å²) in [7, 11) is 0. The molecular weight excluding hydrogens is 156 g/mol. The predicted molar refractivity (Wildman–Crippen MR) is 43.5 cm³/mol. The number of ether oxygens (including phenoxy) is 1. The van der Waals surface area contributed by atoms with Crippen molar-refractivity contribution in [1.82, 2.24) is 0 Å². The first-order valence-corrected chi connectivity index (χ1v) is 3.88. The Balaban J connectivity index is 2.79. The summed E-state index contributed by atoms with van der Waals surface area (Å²) < 4.78 is 5.03. The van der Waals surface area contributed by atoms with Crippen LogP contribution in [0.15, 0.2) is 12.2 Å². The molecule has 1 aliphatic rings. The highest BCUT2D eigenvalue weighted by atomic mass is 16.6. The van der Waals surface area contributed by atoms with E-state index >= 15 is 0 Å². The molecule has 12 heavy (non-hydrogen) atoms. The molecule has 1 rings (SSSR count). The Morgan fingerprint density at radius 2 is 2.25 bits per heavy atom. The van der Waals surface area contributed by atoms with Crippen molar-refractivity contribution < 1.29 is 14.3 Å². The van der Waals surface area contributed by atoms with Crippen LogP contribution in [0.3, 0.4) is 0 Å². The lowest BCUT2D eigenvalue weighted by atomic mass is 9.94. The molecule has 2 atom stereocenters. The van der Waals surface area contributed by atoms with E-state index in [-0.39, 0.29) is 17.7 Å². The van der Waals surface area contributed by atoms with E-state index in [9.17, 15) is 9.59 Å². The van der Waals surface area contributed by atoms with Crippen molar-refractivity contribution in [3.8, 4) is 0 Å². The third-order valence-electron chi connectivity index (χ3n) is 2.23. The number of rotatable bonds is 1. The minimum atomic E-state index is -0.733. The summed E-state index contributed by atoms with van der Waals surface area (Å²) in [6.45, 7) is 4.83. The fraction of sp³-hybridized carbons (Fsp3) is 0.556. The van der Waals surface area contributed by atoms with Gasteiger partial charge in [0.05, 0.1) is 5.92 Å². The second-order valence-electron chi connectivity index (χ2n) is 3.23. The topological polar surface area (TPSA) is 43.4 Å². The Labute approximate surface area is 71.4 Å². The zero-order chi connectivity index (χ0) is 9.35. The number of carbonyl (C=O) groups is 2. The van der Waals surface area contributed by atoms with E-state index in [1.807, 2.05) is 0 Å². The van der Waals surface area contributed by atoms with Gasteiger partial charge in [0.15, 0.2) is 5.78 Å². The van der Waals surface area contributed by atoms with Crippen molar-refractivity contribution in [1.29, 1.82) is 0 Å². The van der Waals surface area contributed by atoms with Crippen molar-refractivity contribution in [2.45, 2.75) is 26.4 Å². The van der Waals surface area contributed by atoms with Gasteiger partial charge in [0.1, 0.15) is 5.60 Å². The van der Waals surface area contributed by atoms with Gasteiger partial charge in [-0.1, -0.05) is 6.92 Å². The third-order valence-corrected chi connectivity index (χ3v) is 2.23. The lowest BCUT2D eigenvalue weighted by Crippen LogP contribution is -2.35. The first-order valence-electron chi connectivity index (χ1n) is 3.88. The van der Waals surface area contributed by atoms with E-state index in [4.69, 9.17) is 4.74 Å². The fourth-order valence-electron chi connectivity index (χ4n) is 1.25. The normalized spacial score (nSPS) is 33.9. The maximum Gasteiger partial charge on any atom is 0.303 e. The first-order chi connectivity index (χ1) is 5.46. The molecule has 0 aromatic carbocycles. The van der Waals surface area contributed by atoms with Gasteiger partial charge in [0.2, 0.25) is 0 Å². The Hall–Kier alpha value is -1.12. The third kappa shape index (κ3) is 1.40. The second kappa shape index (κ2) is 2.73. The van der Waals surface area contributed by atoms with Crippen molar-refractivity contribution in [3.05, 3.63) is 12.2 Å². The monoisotopic (exact) mass is 168 g/mol. The lowest BCUT2D eigenvalue weighted by Gasteiger charge is -2.26. The Bertz CT molecular complexity index is 254. The predicted octanol–water partition coefficient (Wildman–Crippen LogP) is 1.08. The molecule has 0 aliphatic heterocycles. The van der Waals surface area contributed by atoms with Crippen molar-refractivity contribution >= 4 is 11.8 Å². The maximum absolute atomic E-state index is 11.1. The molecule has 0 aromatic rings. The van der Waals surface area contributed by atoms with E-state index in [0.717, 1.165) is 0 Å². The molecule has 0 heterocycles. The Morgan fingerprint density at radius 3 is 2.58 bits per heavy atom. The molecule has 0 fully saturated rings. The van der Waals surface area contributed by atoms with E-state index in [1.54, 1.807) is 19.9 Å². The fourth-order valence-corrected chi connectivity index (χ4v) is 1.25. The molecule has 0 amide bonds. The molecule has 66 valence electrons. The average molecular weight is 168 g/mol. The van der Waals surface area contributed by atoms with Gasteiger partial charge in [-0.3, -0.25) is 9.59 Å². The number of hydrogen-bond acceptors (Lipinski definition) is 3. The van der Waals surface area contributed by atoms with Crippen LogP contribution in [0.1, 0.15) is 20.8 Å². The highest BCUT2D eigenvalue weighted by Gasteiger charge is 2.39. The number of esters is 1. The van der Waals surface area contributed by atoms with Crippen LogP contribution in [0.4, 0.5) is 0 Å². The summed E-state index contributed by atoms with van der Waals surface area (Å²) in [5, 5.41) is 0. The van der Waals surface area contributed by atoms with Gasteiger partial charge in [-0.15, -0.1) is 0 Å². The van der Waals surface area contributed by atoms with E-state index in [0.29, 0.717) is 0 Å². The summed E-state index contributed by atoms with van der Waals surface area (Å²) in [5.74, 6) is -0.608. The molecule has 0 saturated carbocycles. The van der Waals surface area contributed by atoms with Gasteiger partial charge in [-0.25, -0.2) is 0 Å². The highest BCUT2D eigenvalue weighted by molar-refractivity contribution is 5.96. The molecule has 0 aromatic heterocycles. The molecule has 3 nitrogen and oxygen atoms in total. The maximum atomic E-state index is 11.1. The van der Waals surface area contributed by atoms with Crippen LogP contribution in [0, 0.1) is 5.92 Å². The summed E-state index contributed by atoms with van der Waals surface area (Å²) in [5.41, 5.74) is -0.733. The summed E-state index contributed by atoms with van der Waals surface area (Å²) >= 11 is 0. The molecule has 0 spiro atoms. The van der Waals surface area contributed by atoms with E-state index in [2.05, 4.69) is 0 Å². The second-order valence-corrected chi connectivity index (χ2v) is 3.23. The van der Waals surface area contributed by atoms with Crippen LogP contribution in [-0.4, -0.2) is 17.4 Å². The highest BCUT2D eigenvalue weighted by Crippen LogP contribution is 2.29. The molecule has 0 radical (unpaired) electrons. The van der Waals surface area contributed by atoms with Gasteiger partial charge in [-0.05, 0) is 19.1 Å². The number of allylic oxidation sites excluding steroid dienone is 1. The van der Waals surface area contributed by atoms with Crippen molar-refractivity contribution in [2.24, 2.45) is 5.92 Å². The smallest absolute Gasteiger partial charge is 0.303 e. The van der Waals surface area contributed by atoms with Crippen LogP contribution in [0.25, 0.3) is 0 Å². The first kappa shape index (κ1) is 8.97. The molecule has 1 aliphatic carbocycles. The average Bonchev–Trinajstić information content (AvgIpc) is 2.16. The van der Waals surface area contributed by atoms with Gasteiger partial charge >= 0.3 is 5.97 Å².